The topological polar surface area (TPSA) is 174 Å². The Bertz CT molecular complexity index is 4350. The van der Waals surface area contributed by atoms with E-state index in [2.05, 4.69) is 50.4 Å². The second-order valence-corrected chi connectivity index (χ2v) is 22.4. The number of hydrogen-bond donors (Lipinski definition) is 3. The molecule has 536 valence electrons. The molecule has 2 aliphatic heterocycles. The number of epoxide rings is 2. The van der Waals surface area contributed by atoms with E-state index in [4.69, 9.17) is 19.5 Å². The molecule has 2 saturated heterocycles. The number of halogens is 19. The monoisotopic (exact) mass is 1500 g/mol. The first-order valence-electron chi connectivity index (χ1n) is 28.0. The van der Waals surface area contributed by atoms with Gasteiger partial charge in [-0.1, -0.05) is 88.5 Å². The van der Waals surface area contributed by atoms with E-state index in [0.717, 1.165) is 108 Å². The van der Waals surface area contributed by atoms with Crippen LogP contribution >= 0.6 is 15.9 Å². The van der Waals surface area contributed by atoms with Gasteiger partial charge in [-0.05, 0) is 124 Å². The molecule has 3 unspecified atom stereocenters. The molecular weight excluding hydrogens is 1450 g/mol. The van der Waals surface area contributed by atoms with E-state index in [-0.39, 0.29) is 40.0 Å². The molecular formula is C68H56BBrF18N6O7. The lowest BCUT2D eigenvalue weighted by Gasteiger charge is -2.36. The molecule has 101 heavy (non-hydrogen) atoms. The van der Waals surface area contributed by atoms with Crippen LogP contribution in [-0.4, -0.2) is 77.9 Å². The van der Waals surface area contributed by atoms with Crippen molar-refractivity contribution in [2.75, 3.05) is 13.2 Å². The summed E-state index contributed by atoms with van der Waals surface area (Å²) in [5.41, 5.74) is -8.60. The summed E-state index contributed by atoms with van der Waals surface area (Å²) < 4.78 is 265. The maximum absolute atomic E-state index is 15.7. The summed E-state index contributed by atoms with van der Waals surface area (Å²) in [6.07, 6.45) is -4.30. The van der Waals surface area contributed by atoms with Gasteiger partial charge in [-0.2, -0.15) is 31.4 Å². The van der Waals surface area contributed by atoms with Gasteiger partial charge in [-0.3, -0.25) is 15.0 Å². The van der Waals surface area contributed by atoms with Gasteiger partial charge in [-0.15, -0.1) is 26.3 Å². The van der Waals surface area contributed by atoms with Crippen molar-refractivity contribution in [1.29, 1.82) is 0 Å². The second-order valence-electron chi connectivity index (χ2n) is 21.4. The second kappa shape index (κ2) is 31.6. The molecule has 0 radical (unpaired) electrons. The molecule has 3 N–H and O–H groups in total. The lowest BCUT2D eigenvalue weighted by Crippen LogP contribution is -2.48. The normalized spacial score (nSPS) is 16.1. The maximum Gasteiger partial charge on any atom is 0.573 e. The van der Waals surface area contributed by atoms with Gasteiger partial charge in [0, 0.05) is 69.1 Å². The zero-order valence-corrected chi connectivity index (χ0v) is 51.1. The highest BCUT2D eigenvalue weighted by molar-refractivity contribution is 9.10. The van der Waals surface area contributed by atoms with Crippen LogP contribution in [0.2, 0.25) is 0 Å². The molecule has 6 heterocycles. The predicted molar refractivity (Wildman–Crippen MR) is 336 cm³/mol. The van der Waals surface area contributed by atoms with Gasteiger partial charge < -0.3 is 34.1 Å². The Morgan fingerprint density at radius 1 is 0.505 bits per heavy atom. The molecule has 0 bridgehead atoms. The average molecular weight is 1500 g/mol. The minimum atomic E-state index is -4.87. The van der Waals surface area contributed by atoms with Crippen molar-refractivity contribution in [3.05, 3.63) is 274 Å². The highest BCUT2D eigenvalue weighted by Gasteiger charge is 2.69. The molecule has 2 aliphatic rings. The van der Waals surface area contributed by atoms with Gasteiger partial charge in [0.2, 0.25) is 0 Å². The largest absolute Gasteiger partial charge is 0.573 e. The number of nitrogens with zero attached hydrogens (tertiary/aromatic N) is 6. The van der Waals surface area contributed by atoms with Crippen molar-refractivity contribution in [1.82, 2.24) is 29.7 Å². The fourth-order valence-corrected chi connectivity index (χ4v) is 9.88. The minimum absolute atomic E-state index is 0. The fraction of sp³-hybridized carbons (Fsp3) is 0.221. The number of alkyl halides is 12. The van der Waals surface area contributed by atoms with Crippen LogP contribution in [0.4, 0.5) is 79.0 Å². The molecule has 0 aliphatic carbocycles. The van der Waals surface area contributed by atoms with Gasteiger partial charge in [-0.25, -0.2) is 36.0 Å². The predicted octanol–water partition coefficient (Wildman–Crippen LogP) is 16.9. The Hall–Kier alpha value is -9.41. The molecule has 33 heteroatoms. The van der Waals surface area contributed by atoms with Gasteiger partial charge in [0.1, 0.15) is 76.1 Å². The lowest BCUT2D eigenvalue weighted by atomic mass is 9.80. The van der Waals surface area contributed by atoms with Crippen LogP contribution in [0.5, 0.6) is 11.5 Å². The van der Waals surface area contributed by atoms with Crippen LogP contribution in [0.3, 0.4) is 0 Å². The quantitative estimate of drug-likeness (QED) is 0.0475. The summed E-state index contributed by atoms with van der Waals surface area (Å²) in [4.78, 5) is 14.7. The van der Waals surface area contributed by atoms with Crippen molar-refractivity contribution >= 4 is 28.5 Å². The van der Waals surface area contributed by atoms with Gasteiger partial charge in [0.05, 0.1) is 19.8 Å². The van der Waals surface area contributed by atoms with Crippen LogP contribution in [0.25, 0.3) is 22.3 Å². The first-order chi connectivity index (χ1) is 46.0. The number of benzene rings is 6. The number of aliphatic hydroxyl groups is 1. The Kier molecular flexibility index (Phi) is 25.2. The van der Waals surface area contributed by atoms with Crippen molar-refractivity contribution in [3.8, 4) is 33.8 Å². The van der Waals surface area contributed by atoms with Crippen LogP contribution in [-0.2, 0) is 50.6 Å². The molecule has 6 aromatic carbocycles. The third-order valence-corrected chi connectivity index (χ3v) is 15.3. The minimum Gasteiger partial charge on any atom is -0.423 e. The van der Waals surface area contributed by atoms with Crippen LogP contribution < -0.4 is 14.9 Å². The van der Waals surface area contributed by atoms with Gasteiger partial charge in [0.15, 0.2) is 16.8 Å². The van der Waals surface area contributed by atoms with Crippen LogP contribution in [0, 0.1) is 41.8 Å². The molecule has 10 aromatic rings. The standard InChI is InChI=1S/C23H15F7N4O2.C21H12F7NO2.C14H8BrF4NO.C7H9BO2.3CH4/c24-16-4-7-18(19(25)9-16)21(35,11-34-13-31-12-33-34)22(26,27)20-8-3-15(10-32-20)14-1-5-17(6-2-14)36-23(28,29)30;22-14-4-7-16(17(23)9-14)19(11-30-19)20(24,25)18-8-3-13(10-29-18)12-1-5-15(6-2-12)31-21(26,27)28;15-8-1-4-12(20-6-8)14(18,19)13(7-21-13)10-3-2-9(16)5-11(10)17;1-6-2-4-7(5-3-6)8(9)10;;;/h1-10,12-13,35H,11H2;1-10H,11H2;1-6H,7H2;2-5,9-10H,1H3;3*1H4. The number of aryl methyl sites for hydroxylation is 1. The molecule has 12 rings (SSSR count). The maximum atomic E-state index is 15.7. The number of pyridine rings is 3. The molecule has 13 nitrogen and oxygen atoms in total. The highest BCUT2D eigenvalue weighted by Crippen LogP contribution is 2.58. The molecule has 0 amide bonds. The lowest BCUT2D eigenvalue weighted by molar-refractivity contribution is -0.275. The van der Waals surface area contributed by atoms with E-state index < -0.39 is 142 Å². The van der Waals surface area contributed by atoms with Gasteiger partial charge in [0.25, 0.3) is 0 Å². The van der Waals surface area contributed by atoms with E-state index in [1.165, 1.54) is 48.7 Å². The summed E-state index contributed by atoms with van der Waals surface area (Å²) in [7, 11) is -1.35. The number of rotatable bonds is 16. The van der Waals surface area contributed by atoms with E-state index in [1.54, 1.807) is 12.1 Å². The number of aromatic nitrogens is 6. The van der Waals surface area contributed by atoms with E-state index in [1.807, 2.05) is 19.1 Å². The third kappa shape index (κ3) is 18.4. The molecule has 2 fully saturated rings. The van der Waals surface area contributed by atoms with E-state index >= 15 is 17.6 Å². The SMILES string of the molecule is C.C.C.Cc1ccc(B(O)O)cc1.Fc1ccc(C2(C(F)(F)c3ccc(-c4ccc(OC(F)(F)F)cc4)cn3)CO2)c(F)c1.Fc1ccc(C2(C(F)(F)c3ccc(Br)cn3)CO2)c(F)c1.OC(Cn1cncn1)(c1ccc(F)cc1F)C(F)(F)c1ccc(-c2ccc(OC(F)(F)F)cc2)cn1. The summed E-state index contributed by atoms with van der Waals surface area (Å²) in [5, 5.41) is 32.2. The number of hydrogen-bond acceptors (Lipinski definition) is 12. The Morgan fingerprint density at radius 3 is 1.25 bits per heavy atom. The molecule has 0 saturated carbocycles. The zero-order valence-electron chi connectivity index (χ0n) is 49.5. The zero-order chi connectivity index (χ0) is 71.4. The summed E-state index contributed by atoms with van der Waals surface area (Å²) in [6.45, 7) is 0.160. The van der Waals surface area contributed by atoms with Crippen molar-refractivity contribution in [3.63, 3.8) is 0 Å². The summed E-state index contributed by atoms with van der Waals surface area (Å²) in [5.74, 6) is -18.8. The Labute approximate surface area is 573 Å². The van der Waals surface area contributed by atoms with E-state index in [9.17, 15) is 66.6 Å². The van der Waals surface area contributed by atoms with Gasteiger partial charge >= 0.3 is 37.6 Å². The fourth-order valence-electron chi connectivity index (χ4n) is 9.64. The highest BCUT2D eigenvalue weighted by atomic mass is 79.9. The smallest absolute Gasteiger partial charge is 0.423 e. The summed E-state index contributed by atoms with van der Waals surface area (Å²) in [6, 6.07) is 29.9. The molecule has 4 aromatic heterocycles. The van der Waals surface area contributed by atoms with E-state index in [0.29, 0.717) is 50.9 Å². The Morgan fingerprint density at radius 2 is 0.901 bits per heavy atom. The van der Waals surface area contributed by atoms with Crippen LogP contribution in [0.15, 0.2) is 200 Å². The van der Waals surface area contributed by atoms with Crippen molar-refractivity contribution < 1.29 is 113 Å². The number of ether oxygens (including phenoxy) is 4. The Balaban J connectivity index is 0.000000225. The summed E-state index contributed by atoms with van der Waals surface area (Å²) >= 11 is 3.10. The molecule has 3 atom stereocenters. The van der Waals surface area contributed by atoms with Crippen molar-refractivity contribution in [2.24, 2.45) is 0 Å². The first kappa shape index (κ1) is 80.6. The average Bonchev–Trinajstić information content (AvgIpc) is 1.59. The first-order valence-corrected chi connectivity index (χ1v) is 28.8. The van der Waals surface area contributed by atoms with Crippen molar-refractivity contribution in [2.45, 2.75) is 83.0 Å². The van der Waals surface area contributed by atoms with Crippen LogP contribution in [0.1, 0.15) is 61.6 Å². The molecule has 0 spiro atoms. The third-order valence-electron chi connectivity index (χ3n) is 14.8.